The Kier molecular flexibility index (Phi) is 4.31. The van der Waals surface area contributed by atoms with Gasteiger partial charge in [0, 0.05) is 37.0 Å². The SMILES string of the molecule is Cc1cnn(C)c1S(=O)(=O)Nc1cccc(C(=O)N2CCCC2)c1. The number of hydrogen-bond donors (Lipinski definition) is 1. The second-order valence-corrected chi connectivity index (χ2v) is 7.54. The summed E-state index contributed by atoms with van der Waals surface area (Å²) in [6, 6.07) is 6.58. The molecular weight excluding hydrogens is 328 g/mol. The number of anilines is 1. The Hall–Kier alpha value is -2.35. The van der Waals surface area contributed by atoms with E-state index in [1.54, 1.807) is 43.1 Å². The van der Waals surface area contributed by atoms with Crippen molar-refractivity contribution in [3.63, 3.8) is 0 Å². The quantitative estimate of drug-likeness (QED) is 0.912. The highest BCUT2D eigenvalue weighted by Crippen LogP contribution is 2.21. The predicted octanol–water partition coefficient (Wildman–Crippen LogP) is 1.77. The number of likely N-dealkylation sites (tertiary alicyclic amines) is 1. The fraction of sp³-hybridized carbons (Fsp3) is 0.375. The van der Waals surface area contributed by atoms with E-state index in [1.165, 1.54) is 10.9 Å². The summed E-state index contributed by atoms with van der Waals surface area (Å²) in [6.45, 7) is 3.20. The lowest BCUT2D eigenvalue weighted by Gasteiger charge is -2.16. The number of carbonyl (C=O) groups excluding carboxylic acids is 1. The molecule has 1 aliphatic heterocycles. The highest BCUT2D eigenvalue weighted by molar-refractivity contribution is 7.92. The standard InChI is InChI=1S/C16H20N4O3S/c1-12-11-17-19(2)16(12)24(22,23)18-14-7-5-6-13(10-14)15(21)20-8-3-4-9-20/h5-7,10-11,18H,3-4,8-9H2,1-2H3. The van der Waals surface area contributed by atoms with Gasteiger partial charge >= 0.3 is 0 Å². The summed E-state index contributed by atoms with van der Waals surface area (Å²) in [5.74, 6) is -0.0646. The molecule has 128 valence electrons. The molecule has 3 rings (SSSR count). The molecule has 8 heteroatoms. The first-order valence-corrected chi connectivity index (χ1v) is 9.27. The lowest BCUT2D eigenvalue weighted by Crippen LogP contribution is -2.27. The van der Waals surface area contributed by atoms with Crippen LogP contribution in [0.5, 0.6) is 0 Å². The van der Waals surface area contributed by atoms with Gasteiger partial charge < -0.3 is 4.90 Å². The number of rotatable bonds is 4. The van der Waals surface area contributed by atoms with E-state index in [2.05, 4.69) is 9.82 Å². The van der Waals surface area contributed by atoms with Crippen molar-refractivity contribution in [2.24, 2.45) is 7.05 Å². The largest absolute Gasteiger partial charge is 0.339 e. The van der Waals surface area contributed by atoms with E-state index in [0.29, 0.717) is 16.8 Å². The Balaban J connectivity index is 1.86. The maximum absolute atomic E-state index is 12.6. The van der Waals surface area contributed by atoms with Crippen LogP contribution in [0.4, 0.5) is 5.69 Å². The third-order valence-electron chi connectivity index (χ3n) is 4.07. The van der Waals surface area contributed by atoms with E-state index in [4.69, 9.17) is 0 Å². The van der Waals surface area contributed by atoms with Gasteiger partial charge in [-0.3, -0.25) is 14.2 Å². The van der Waals surface area contributed by atoms with Gasteiger partial charge in [-0.15, -0.1) is 0 Å². The molecule has 0 bridgehead atoms. The molecule has 0 atom stereocenters. The van der Waals surface area contributed by atoms with Crippen molar-refractivity contribution in [1.82, 2.24) is 14.7 Å². The smallest absolute Gasteiger partial charge is 0.279 e. The molecule has 0 aliphatic carbocycles. The van der Waals surface area contributed by atoms with Gasteiger partial charge in [0.1, 0.15) is 0 Å². The number of nitrogens with one attached hydrogen (secondary N) is 1. The van der Waals surface area contributed by atoms with Gasteiger partial charge in [0.25, 0.3) is 15.9 Å². The maximum atomic E-state index is 12.6. The van der Waals surface area contributed by atoms with Crippen LogP contribution in [0.2, 0.25) is 0 Å². The molecule has 1 aromatic heterocycles. The first kappa shape index (κ1) is 16.5. The summed E-state index contributed by atoms with van der Waals surface area (Å²) in [6.07, 6.45) is 3.53. The van der Waals surface area contributed by atoms with Crippen molar-refractivity contribution in [2.45, 2.75) is 24.8 Å². The number of aromatic nitrogens is 2. The minimum atomic E-state index is -3.77. The van der Waals surface area contributed by atoms with Gasteiger partial charge in [-0.05, 0) is 38.0 Å². The summed E-state index contributed by atoms with van der Waals surface area (Å²) >= 11 is 0. The van der Waals surface area contributed by atoms with Crippen LogP contribution in [0, 0.1) is 6.92 Å². The van der Waals surface area contributed by atoms with Crippen LogP contribution >= 0.6 is 0 Å². The van der Waals surface area contributed by atoms with Crippen LogP contribution in [0.15, 0.2) is 35.5 Å². The molecule has 0 saturated carbocycles. The molecule has 1 aliphatic rings. The number of amides is 1. The first-order valence-electron chi connectivity index (χ1n) is 7.79. The third kappa shape index (κ3) is 3.14. The Morgan fingerprint density at radius 2 is 1.96 bits per heavy atom. The second-order valence-electron chi connectivity index (χ2n) is 5.94. The highest BCUT2D eigenvalue weighted by Gasteiger charge is 2.23. The summed E-state index contributed by atoms with van der Waals surface area (Å²) in [7, 11) is -2.19. The molecule has 7 nitrogen and oxygen atoms in total. The number of carbonyl (C=O) groups is 1. The molecular formula is C16H20N4O3S. The molecule has 2 aromatic rings. The van der Waals surface area contributed by atoms with Crippen LogP contribution in [0.25, 0.3) is 0 Å². The number of benzene rings is 1. The number of sulfonamides is 1. The van der Waals surface area contributed by atoms with Crippen molar-refractivity contribution in [2.75, 3.05) is 17.8 Å². The highest BCUT2D eigenvalue weighted by atomic mass is 32.2. The fourth-order valence-corrected chi connectivity index (χ4v) is 4.35. The van der Waals surface area contributed by atoms with Crippen molar-refractivity contribution in [3.05, 3.63) is 41.6 Å². The van der Waals surface area contributed by atoms with Crippen LogP contribution < -0.4 is 4.72 Å². The van der Waals surface area contributed by atoms with E-state index in [1.807, 2.05) is 0 Å². The van der Waals surface area contributed by atoms with Crippen LogP contribution in [0.3, 0.4) is 0 Å². The van der Waals surface area contributed by atoms with Crippen LogP contribution in [0.1, 0.15) is 28.8 Å². The molecule has 1 saturated heterocycles. The Morgan fingerprint density at radius 1 is 1.25 bits per heavy atom. The summed E-state index contributed by atoms with van der Waals surface area (Å²) < 4.78 is 29.0. The lowest BCUT2D eigenvalue weighted by molar-refractivity contribution is 0.0793. The van der Waals surface area contributed by atoms with E-state index < -0.39 is 10.0 Å². The minimum Gasteiger partial charge on any atom is -0.339 e. The van der Waals surface area contributed by atoms with E-state index >= 15 is 0 Å². The second kappa shape index (κ2) is 6.27. The number of nitrogens with zero attached hydrogens (tertiary/aromatic N) is 3. The molecule has 0 spiro atoms. The molecule has 2 heterocycles. The van der Waals surface area contributed by atoms with Crippen LogP contribution in [-0.2, 0) is 17.1 Å². The molecule has 1 N–H and O–H groups in total. The summed E-state index contributed by atoms with van der Waals surface area (Å²) in [5.41, 5.74) is 1.41. The zero-order chi connectivity index (χ0) is 17.3. The van der Waals surface area contributed by atoms with E-state index in [-0.39, 0.29) is 10.9 Å². The van der Waals surface area contributed by atoms with Gasteiger partial charge in [-0.1, -0.05) is 6.07 Å². The molecule has 24 heavy (non-hydrogen) atoms. The Bertz CT molecular complexity index is 848. The maximum Gasteiger partial charge on any atom is 0.279 e. The average Bonchev–Trinajstić information content (AvgIpc) is 3.16. The minimum absolute atomic E-state index is 0.0646. The van der Waals surface area contributed by atoms with Gasteiger partial charge in [0.05, 0.1) is 6.20 Å². The van der Waals surface area contributed by atoms with Gasteiger partial charge in [-0.2, -0.15) is 13.5 Å². The van der Waals surface area contributed by atoms with Gasteiger partial charge in [0.2, 0.25) is 0 Å². The van der Waals surface area contributed by atoms with Crippen molar-refractivity contribution in [1.29, 1.82) is 0 Å². The topological polar surface area (TPSA) is 84.3 Å². The first-order chi connectivity index (χ1) is 11.4. The zero-order valence-corrected chi connectivity index (χ0v) is 14.5. The molecule has 1 fully saturated rings. The number of aryl methyl sites for hydroxylation is 2. The monoisotopic (exact) mass is 348 g/mol. The predicted molar refractivity (Wildman–Crippen MR) is 90.3 cm³/mol. The molecule has 0 radical (unpaired) electrons. The van der Waals surface area contributed by atoms with Crippen molar-refractivity contribution in [3.8, 4) is 0 Å². The average molecular weight is 348 g/mol. The molecule has 0 unspecified atom stereocenters. The number of hydrogen-bond acceptors (Lipinski definition) is 4. The van der Waals surface area contributed by atoms with Gasteiger partial charge in [-0.25, -0.2) is 0 Å². The van der Waals surface area contributed by atoms with Crippen LogP contribution in [-0.4, -0.2) is 42.1 Å². The van der Waals surface area contributed by atoms with Crippen molar-refractivity contribution >= 4 is 21.6 Å². The third-order valence-corrected chi connectivity index (χ3v) is 5.67. The van der Waals surface area contributed by atoms with E-state index in [0.717, 1.165) is 25.9 Å². The Morgan fingerprint density at radius 3 is 2.58 bits per heavy atom. The summed E-state index contributed by atoms with van der Waals surface area (Å²) in [5, 5.41) is 4.07. The summed E-state index contributed by atoms with van der Waals surface area (Å²) in [4.78, 5) is 14.2. The van der Waals surface area contributed by atoms with E-state index in [9.17, 15) is 13.2 Å². The molecule has 1 aromatic carbocycles. The van der Waals surface area contributed by atoms with Crippen molar-refractivity contribution < 1.29 is 13.2 Å². The Labute approximate surface area is 141 Å². The van der Waals surface area contributed by atoms with Gasteiger partial charge in [0.15, 0.2) is 5.03 Å². The molecule has 1 amide bonds. The lowest BCUT2D eigenvalue weighted by atomic mass is 10.2. The zero-order valence-electron chi connectivity index (χ0n) is 13.7. The normalized spacial score (nSPS) is 14.8. The fourth-order valence-electron chi connectivity index (χ4n) is 2.94.